The van der Waals surface area contributed by atoms with Crippen molar-refractivity contribution in [2.75, 3.05) is 13.6 Å². The van der Waals surface area contributed by atoms with Crippen molar-refractivity contribution in [3.8, 4) is 11.3 Å². The smallest absolute Gasteiger partial charge is 0.276 e. The van der Waals surface area contributed by atoms with Gasteiger partial charge in [0.15, 0.2) is 17.8 Å². The van der Waals surface area contributed by atoms with E-state index in [1.54, 1.807) is 31.6 Å². The van der Waals surface area contributed by atoms with E-state index in [1.807, 2.05) is 30.3 Å². The van der Waals surface area contributed by atoms with E-state index in [4.69, 9.17) is 4.42 Å². The van der Waals surface area contributed by atoms with Crippen LogP contribution in [0.1, 0.15) is 22.2 Å². The number of hydrogen-bond donors (Lipinski definition) is 1. The van der Waals surface area contributed by atoms with Gasteiger partial charge < -0.3 is 14.4 Å². The number of aromatic nitrogens is 2. The van der Waals surface area contributed by atoms with E-state index in [2.05, 4.69) is 9.97 Å². The lowest BCUT2D eigenvalue weighted by atomic mass is 10.1. The molecule has 1 aromatic carbocycles. The topological polar surface area (TPSA) is 79.5 Å². The van der Waals surface area contributed by atoms with Crippen molar-refractivity contribution in [2.45, 2.75) is 6.10 Å². The predicted molar refractivity (Wildman–Crippen MR) is 88.1 cm³/mol. The molecule has 1 amide bonds. The van der Waals surface area contributed by atoms with Gasteiger partial charge in [-0.1, -0.05) is 36.4 Å². The standard InChI is InChI=1S/C18H17N3O3/c1-21(11-15(22)14-8-5-9-19-10-14)18(23)16-17(24-12-20-16)13-6-3-2-4-7-13/h2-10,12,15,22H,11H2,1H3. The molecule has 6 heteroatoms. The molecule has 3 aromatic rings. The molecule has 6 nitrogen and oxygen atoms in total. The van der Waals surface area contributed by atoms with Crippen LogP contribution < -0.4 is 0 Å². The van der Waals surface area contributed by atoms with Crippen LogP contribution in [0.3, 0.4) is 0 Å². The Bertz CT molecular complexity index is 803. The van der Waals surface area contributed by atoms with Crippen LogP contribution in [0.15, 0.2) is 65.7 Å². The molecule has 0 spiro atoms. The van der Waals surface area contributed by atoms with Gasteiger partial charge in [-0.2, -0.15) is 0 Å². The maximum atomic E-state index is 12.6. The Balaban J connectivity index is 1.76. The van der Waals surface area contributed by atoms with Gasteiger partial charge in [0.1, 0.15) is 0 Å². The molecule has 0 radical (unpaired) electrons. The van der Waals surface area contributed by atoms with E-state index in [-0.39, 0.29) is 18.1 Å². The Morgan fingerprint density at radius 1 is 1.25 bits per heavy atom. The van der Waals surface area contributed by atoms with Gasteiger partial charge in [0.25, 0.3) is 5.91 Å². The summed E-state index contributed by atoms with van der Waals surface area (Å²) in [6.07, 6.45) is 3.64. The van der Waals surface area contributed by atoms with Crippen molar-refractivity contribution in [2.24, 2.45) is 0 Å². The van der Waals surface area contributed by atoms with Crippen LogP contribution in [0.25, 0.3) is 11.3 Å². The average Bonchev–Trinajstić information content (AvgIpc) is 3.12. The number of aliphatic hydroxyl groups excluding tert-OH is 1. The third-order valence-electron chi connectivity index (χ3n) is 3.67. The Morgan fingerprint density at radius 3 is 2.75 bits per heavy atom. The third kappa shape index (κ3) is 3.33. The second-order valence-electron chi connectivity index (χ2n) is 5.38. The maximum absolute atomic E-state index is 12.6. The van der Waals surface area contributed by atoms with Gasteiger partial charge >= 0.3 is 0 Å². The van der Waals surface area contributed by atoms with Gasteiger partial charge in [-0.05, 0) is 6.07 Å². The Morgan fingerprint density at radius 2 is 2.04 bits per heavy atom. The molecular formula is C18H17N3O3. The van der Waals surface area contributed by atoms with Crippen LogP contribution in [0, 0.1) is 0 Å². The number of pyridine rings is 1. The zero-order valence-electron chi connectivity index (χ0n) is 13.2. The summed E-state index contributed by atoms with van der Waals surface area (Å²) < 4.78 is 5.38. The lowest BCUT2D eigenvalue weighted by molar-refractivity contribution is 0.0676. The van der Waals surface area contributed by atoms with Crippen LogP contribution in [-0.2, 0) is 0 Å². The summed E-state index contributed by atoms with van der Waals surface area (Å²) in [5, 5.41) is 10.2. The van der Waals surface area contributed by atoms with E-state index >= 15 is 0 Å². The minimum atomic E-state index is -0.820. The Hall–Kier alpha value is -2.99. The molecule has 1 atom stereocenters. The SMILES string of the molecule is CN(CC(O)c1cccnc1)C(=O)c1ncoc1-c1ccccc1. The van der Waals surface area contributed by atoms with Gasteiger partial charge in [0.2, 0.25) is 0 Å². The number of nitrogens with zero attached hydrogens (tertiary/aromatic N) is 3. The molecule has 0 saturated carbocycles. The van der Waals surface area contributed by atoms with Crippen molar-refractivity contribution in [1.82, 2.24) is 14.9 Å². The Labute approximate surface area is 139 Å². The number of benzene rings is 1. The quantitative estimate of drug-likeness (QED) is 0.780. The van der Waals surface area contributed by atoms with Crippen LogP contribution in [0.2, 0.25) is 0 Å². The average molecular weight is 323 g/mol. The second kappa shape index (κ2) is 7.06. The number of oxazole rings is 1. The van der Waals surface area contributed by atoms with Crippen LogP contribution in [0.4, 0.5) is 0 Å². The van der Waals surface area contributed by atoms with Crippen molar-refractivity contribution in [3.63, 3.8) is 0 Å². The number of aliphatic hydroxyl groups is 1. The maximum Gasteiger partial charge on any atom is 0.276 e. The molecular weight excluding hydrogens is 306 g/mol. The van der Waals surface area contributed by atoms with E-state index in [1.165, 1.54) is 11.3 Å². The Kier molecular flexibility index (Phi) is 4.67. The van der Waals surface area contributed by atoms with Crippen molar-refractivity contribution in [3.05, 3.63) is 72.5 Å². The molecule has 0 saturated heterocycles. The summed E-state index contributed by atoms with van der Waals surface area (Å²) in [5.74, 6) is 0.105. The molecule has 24 heavy (non-hydrogen) atoms. The third-order valence-corrected chi connectivity index (χ3v) is 3.67. The number of hydrogen-bond acceptors (Lipinski definition) is 5. The summed E-state index contributed by atoms with van der Waals surface area (Å²) in [7, 11) is 1.62. The molecule has 0 aliphatic rings. The highest BCUT2D eigenvalue weighted by atomic mass is 16.3. The number of likely N-dealkylation sites (N-methyl/N-ethyl adjacent to an activating group) is 1. The first-order valence-corrected chi connectivity index (χ1v) is 7.49. The highest BCUT2D eigenvalue weighted by molar-refractivity contribution is 5.97. The van der Waals surface area contributed by atoms with Crippen molar-refractivity contribution in [1.29, 1.82) is 0 Å². The molecule has 0 fully saturated rings. The molecule has 3 rings (SSSR count). The number of rotatable bonds is 5. The van der Waals surface area contributed by atoms with Crippen molar-refractivity contribution >= 4 is 5.91 Å². The largest absolute Gasteiger partial charge is 0.443 e. The highest BCUT2D eigenvalue weighted by Gasteiger charge is 2.23. The number of amides is 1. The summed E-state index contributed by atoms with van der Waals surface area (Å²) in [4.78, 5) is 22.1. The first-order chi connectivity index (χ1) is 11.7. The van der Waals surface area contributed by atoms with Gasteiger partial charge in [0.05, 0.1) is 12.6 Å². The van der Waals surface area contributed by atoms with E-state index in [0.717, 1.165) is 5.56 Å². The monoisotopic (exact) mass is 323 g/mol. The number of carbonyl (C=O) groups excluding carboxylic acids is 1. The molecule has 0 bridgehead atoms. The minimum Gasteiger partial charge on any atom is -0.443 e. The summed E-state index contributed by atoms with van der Waals surface area (Å²) in [6, 6.07) is 12.8. The molecule has 0 aliphatic heterocycles. The summed E-state index contributed by atoms with van der Waals surface area (Å²) >= 11 is 0. The van der Waals surface area contributed by atoms with E-state index in [9.17, 15) is 9.90 Å². The molecule has 0 aliphatic carbocycles. The lowest BCUT2D eigenvalue weighted by Crippen LogP contribution is -2.31. The molecule has 1 N–H and O–H groups in total. The lowest BCUT2D eigenvalue weighted by Gasteiger charge is -2.20. The molecule has 2 heterocycles. The van der Waals surface area contributed by atoms with Crippen LogP contribution >= 0.6 is 0 Å². The molecule has 2 aromatic heterocycles. The zero-order chi connectivity index (χ0) is 16.9. The van der Waals surface area contributed by atoms with E-state index in [0.29, 0.717) is 11.3 Å². The summed E-state index contributed by atoms with van der Waals surface area (Å²) in [6.45, 7) is 0.131. The number of carbonyl (C=O) groups is 1. The zero-order valence-corrected chi connectivity index (χ0v) is 13.2. The van der Waals surface area contributed by atoms with Gasteiger partial charge in [0, 0.05) is 30.6 Å². The first kappa shape index (κ1) is 15.9. The normalized spacial score (nSPS) is 11.9. The fourth-order valence-electron chi connectivity index (χ4n) is 2.39. The first-order valence-electron chi connectivity index (χ1n) is 7.49. The van der Waals surface area contributed by atoms with E-state index < -0.39 is 6.10 Å². The van der Waals surface area contributed by atoms with Crippen LogP contribution in [0.5, 0.6) is 0 Å². The van der Waals surface area contributed by atoms with Crippen molar-refractivity contribution < 1.29 is 14.3 Å². The molecule has 122 valence electrons. The van der Waals surface area contributed by atoms with Gasteiger partial charge in [-0.15, -0.1) is 0 Å². The second-order valence-corrected chi connectivity index (χ2v) is 5.38. The highest BCUT2D eigenvalue weighted by Crippen LogP contribution is 2.24. The minimum absolute atomic E-state index is 0.131. The fourth-order valence-corrected chi connectivity index (χ4v) is 2.39. The molecule has 1 unspecified atom stereocenters. The summed E-state index contributed by atoms with van der Waals surface area (Å²) in [5.41, 5.74) is 1.65. The van der Waals surface area contributed by atoms with Gasteiger partial charge in [-0.3, -0.25) is 9.78 Å². The van der Waals surface area contributed by atoms with Crippen LogP contribution in [-0.4, -0.2) is 39.5 Å². The predicted octanol–water partition coefficient (Wildman–Crippen LogP) is 2.54. The van der Waals surface area contributed by atoms with Gasteiger partial charge in [-0.25, -0.2) is 4.98 Å². The fraction of sp³-hybridized carbons (Fsp3) is 0.167.